The normalized spacial score (nSPS) is 27.2. The number of epoxide rings is 2. The summed E-state index contributed by atoms with van der Waals surface area (Å²) in [5, 5.41) is 9.64. The van der Waals surface area contributed by atoms with Crippen molar-refractivity contribution in [1.82, 2.24) is 20.9 Å². The number of alkyl carbamates (subject to hydrolysis) is 1. The van der Waals surface area contributed by atoms with Gasteiger partial charge in [0.2, 0.25) is 11.8 Å². The van der Waals surface area contributed by atoms with Gasteiger partial charge in [0.1, 0.15) is 42.1 Å². The molecule has 1 aliphatic carbocycles. The molecule has 13 nitrogen and oxygen atoms in total. The van der Waals surface area contributed by atoms with Crippen molar-refractivity contribution < 1.29 is 42.9 Å². The van der Waals surface area contributed by atoms with E-state index < -0.39 is 53.9 Å². The van der Waals surface area contributed by atoms with Gasteiger partial charge in [-0.25, -0.2) is 9.59 Å². The first-order valence-corrected chi connectivity index (χ1v) is 21.8. The van der Waals surface area contributed by atoms with Crippen LogP contribution in [0.25, 0.3) is 10.9 Å². The molecule has 1 aromatic heterocycles. The first kappa shape index (κ1) is 44.5. The predicted octanol–water partition coefficient (Wildman–Crippen LogP) is 5.85. The second kappa shape index (κ2) is 19.4. The van der Waals surface area contributed by atoms with E-state index in [2.05, 4.69) is 47.8 Å². The van der Waals surface area contributed by atoms with Crippen molar-refractivity contribution >= 4 is 46.5 Å². The third-order valence-corrected chi connectivity index (χ3v) is 12.6. The van der Waals surface area contributed by atoms with Crippen LogP contribution in [0.15, 0.2) is 42.1 Å². The van der Waals surface area contributed by atoms with Crippen molar-refractivity contribution in [3.05, 3.63) is 47.7 Å². The van der Waals surface area contributed by atoms with Crippen molar-refractivity contribution in [2.24, 2.45) is 17.8 Å². The Labute approximate surface area is 341 Å². The lowest BCUT2D eigenvalue weighted by Gasteiger charge is -2.42. The van der Waals surface area contributed by atoms with Gasteiger partial charge in [0.15, 0.2) is 0 Å². The molecule has 3 aliphatic rings. The standard InChI is InChI=1S/C43H64N4O9S/c1-25(2)14-17-35-42(7,56-35)37-36(52-8)34(18-20-43(37)24-54-43)55-41(51)47-33(26(3)4)23-53-40(50)28(6)45-39(49)32(46-38(48)27(5)19-21-57-9)16-15-29-22-44-31-13-11-10-12-30(29)31/h10-14,22,26-28,32-37,44H,15-21,23-24H2,1-9H3,(H,45,49)(H,46,48)(H,47,51)/t27-,28-,32-,33-,34+,35+,36?,37+,42-,43-/m0/s1. The van der Waals surface area contributed by atoms with Crippen molar-refractivity contribution in [2.45, 2.75) is 135 Å². The molecule has 5 rings (SSSR count). The number of aromatic amines is 1. The Morgan fingerprint density at radius 1 is 1.05 bits per heavy atom. The van der Waals surface area contributed by atoms with E-state index >= 15 is 0 Å². The Bertz CT molecular complexity index is 1740. The Morgan fingerprint density at radius 2 is 1.79 bits per heavy atom. The quantitative estimate of drug-likeness (QED) is 0.0722. The summed E-state index contributed by atoms with van der Waals surface area (Å²) in [6, 6.07) is 5.48. The van der Waals surface area contributed by atoms with Crippen LogP contribution >= 0.6 is 11.8 Å². The average molecular weight is 813 g/mol. The van der Waals surface area contributed by atoms with Gasteiger partial charge in [-0.2, -0.15) is 11.8 Å². The van der Waals surface area contributed by atoms with Crippen LogP contribution in [0.4, 0.5) is 4.79 Å². The molecular weight excluding hydrogens is 749 g/mol. The minimum Gasteiger partial charge on any atom is -0.462 e. The summed E-state index contributed by atoms with van der Waals surface area (Å²) in [5.74, 6) is -1.02. The molecule has 4 N–H and O–H groups in total. The van der Waals surface area contributed by atoms with Crippen LogP contribution in [0.2, 0.25) is 0 Å². The zero-order valence-corrected chi connectivity index (χ0v) is 35.9. The van der Waals surface area contributed by atoms with Gasteiger partial charge in [0.05, 0.1) is 24.7 Å². The number of hydrogen-bond acceptors (Lipinski definition) is 10. The molecule has 1 spiro atoms. The molecular formula is C43H64N4O9S. The molecule has 2 aliphatic heterocycles. The predicted molar refractivity (Wildman–Crippen MR) is 221 cm³/mol. The lowest BCUT2D eigenvalue weighted by Crippen LogP contribution is -2.56. The summed E-state index contributed by atoms with van der Waals surface area (Å²) in [4.78, 5) is 56.7. The van der Waals surface area contributed by atoms with Gasteiger partial charge < -0.3 is 44.6 Å². The molecule has 0 radical (unpaired) electrons. The van der Waals surface area contributed by atoms with Gasteiger partial charge in [-0.1, -0.05) is 50.6 Å². The maximum Gasteiger partial charge on any atom is 0.407 e. The summed E-state index contributed by atoms with van der Waals surface area (Å²) >= 11 is 1.66. The fourth-order valence-electron chi connectivity index (χ4n) is 8.11. The topological polar surface area (TPSA) is 173 Å². The molecule has 3 amide bonds. The summed E-state index contributed by atoms with van der Waals surface area (Å²) in [7, 11) is 1.63. The summed E-state index contributed by atoms with van der Waals surface area (Å²) in [6.07, 6.45) is 8.18. The smallest absolute Gasteiger partial charge is 0.407 e. The highest BCUT2D eigenvalue weighted by Crippen LogP contribution is 2.59. The molecule has 3 fully saturated rings. The van der Waals surface area contributed by atoms with Gasteiger partial charge in [0.25, 0.3) is 0 Å². The summed E-state index contributed by atoms with van der Waals surface area (Å²) < 4.78 is 30.0. The fourth-order valence-corrected chi connectivity index (χ4v) is 8.70. The van der Waals surface area contributed by atoms with E-state index in [4.69, 9.17) is 23.7 Å². The van der Waals surface area contributed by atoms with Crippen LogP contribution in [0.1, 0.15) is 86.1 Å². The number of rotatable bonds is 20. The number of carbonyl (C=O) groups is 4. The first-order chi connectivity index (χ1) is 27.1. The number of methoxy groups -OCH3 is 1. The molecule has 14 heteroatoms. The number of fused-ring (bicyclic) bond motifs is 1. The highest BCUT2D eigenvalue weighted by atomic mass is 32.2. The number of esters is 1. The van der Waals surface area contributed by atoms with E-state index in [1.807, 2.05) is 57.5 Å². The number of thioether (sulfide) groups is 1. The molecule has 1 unspecified atom stereocenters. The lowest BCUT2D eigenvalue weighted by atomic mass is 9.68. The Balaban J connectivity index is 1.15. The van der Waals surface area contributed by atoms with Crippen molar-refractivity contribution in [1.29, 1.82) is 0 Å². The van der Waals surface area contributed by atoms with E-state index in [0.717, 1.165) is 35.1 Å². The second-order valence-corrected chi connectivity index (χ2v) is 17.8. The number of hydrogen-bond donors (Lipinski definition) is 4. The van der Waals surface area contributed by atoms with Crippen LogP contribution in [-0.4, -0.2) is 109 Å². The van der Waals surface area contributed by atoms with Crippen LogP contribution in [-0.2, 0) is 44.5 Å². The van der Waals surface area contributed by atoms with Crippen LogP contribution < -0.4 is 16.0 Å². The lowest BCUT2D eigenvalue weighted by molar-refractivity contribution is -0.148. The molecule has 3 heterocycles. The molecule has 1 saturated carbocycles. The maximum absolute atomic E-state index is 13.6. The van der Waals surface area contributed by atoms with E-state index in [9.17, 15) is 19.2 Å². The van der Waals surface area contributed by atoms with E-state index in [1.165, 1.54) is 5.57 Å². The number of aryl methyl sites for hydroxylation is 1. The van der Waals surface area contributed by atoms with Crippen molar-refractivity contribution in [3.8, 4) is 0 Å². The number of amides is 3. The van der Waals surface area contributed by atoms with Gasteiger partial charge in [-0.3, -0.25) is 9.59 Å². The van der Waals surface area contributed by atoms with Crippen LogP contribution in [0, 0.1) is 17.8 Å². The number of benzene rings is 1. The highest BCUT2D eigenvalue weighted by molar-refractivity contribution is 7.98. The average Bonchev–Trinajstić information content (AvgIpc) is 4.05. The second-order valence-electron chi connectivity index (χ2n) is 16.8. The zero-order chi connectivity index (χ0) is 41.5. The third-order valence-electron chi connectivity index (χ3n) is 11.9. The SMILES string of the molecule is COC1[C@H](OC(=O)N[C@@H](COC(=O)[C@H](C)NC(=O)[C@H](CCc2c[nH]c3ccccc23)NC(=O)[C@@H](C)CCSC)C(C)C)CC[C@]2(CO2)[C@H]1[C@@]1(C)O[C@@H]1CC=C(C)C. The molecule has 1 aromatic carbocycles. The van der Waals surface area contributed by atoms with Gasteiger partial charge in [-0.05, 0) is 95.8 Å². The van der Waals surface area contributed by atoms with E-state index in [-0.39, 0.29) is 42.0 Å². The van der Waals surface area contributed by atoms with Crippen LogP contribution in [0.3, 0.4) is 0 Å². The van der Waals surface area contributed by atoms with Crippen LogP contribution in [0.5, 0.6) is 0 Å². The molecule has 2 saturated heterocycles. The monoisotopic (exact) mass is 812 g/mol. The Morgan fingerprint density at radius 3 is 2.46 bits per heavy atom. The highest BCUT2D eigenvalue weighted by Gasteiger charge is 2.72. The van der Waals surface area contributed by atoms with Crippen molar-refractivity contribution in [3.63, 3.8) is 0 Å². The fraction of sp³-hybridized carbons (Fsp3) is 0.674. The minimum absolute atomic E-state index is 0.0318. The van der Waals surface area contributed by atoms with Crippen molar-refractivity contribution in [2.75, 3.05) is 32.3 Å². The number of carbonyl (C=O) groups excluding carboxylic acids is 4. The Kier molecular flexibility index (Phi) is 15.2. The number of nitrogens with one attached hydrogen (secondary N) is 4. The number of ether oxygens (including phenoxy) is 5. The van der Waals surface area contributed by atoms with E-state index in [1.54, 1.807) is 25.8 Å². The number of aromatic nitrogens is 1. The molecule has 57 heavy (non-hydrogen) atoms. The number of H-pyrrole nitrogens is 1. The molecule has 10 atom stereocenters. The summed E-state index contributed by atoms with van der Waals surface area (Å²) in [5.41, 5.74) is 2.45. The molecule has 316 valence electrons. The third kappa shape index (κ3) is 11.1. The molecule has 0 bridgehead atoms. The largest absolute Gasteiger partial charge is 0.462 e. The van der Waals surface area contributed by atoms with Gasteiger partial charge >= 0.3 is 12.1 Å². The van der Waals surface area contributed by atoms with Gasteiger partial charge in [-0.15, -0.1) is 0 Å². The number of allylic oxidation sites excluding steroid dienone is 1. The minimum atomic E-state index is -1.01. The summed E-state index contributed by atoms with van der Waals surface area (Å²) in [6.45, 7) is 13.9. The maximum atomic E-state index is 13.6. The Hall–Kier alpha value is -3.59. The van der Waals surface area contributed by atoms with E-state index in [0.29, 0.717) is 32.3 Å². The first-order valence-electron chi connectivity index (χ1n) is 20.4. The number of para-hydroxylation sites is 1. The molecule has 2 aromatic rings. The van der Waals surface area contributed by atoms with Gasteiger partial charge in [0, 0.05) is 30.1 Å². The zero-order valence-electron chi connectivity index (χ0n) is 35.1.